The van der Waals surface area contributed by atoms with E-state index in [1.807, 2.05) is 31.2 Å². The second-order valence-corrected chi connectivity index (χ2v) is 4.50. The minimum atomic E-state index is -2.31. The van der Waals surface area contributed by atoms with Gasteiger partial charge in [-0.2, -0.15) is 0 Å². The Hall–Kier alpha value is -1.55. The van der Waals surface area contributed by atoms with Gasteiger partial charge in [-0.1, -0.05) is 24.3 Å². The molecule has 0 bridgehead atoms. The average Bonchev–Trinajstić information content (AvgIpc) is 2.32. The van der Waals surface area contributed by atoms with E-state index < -0.39 is 6.43 Å². The maximum atomic E-state index is 12.3. The number of aromatic nitrogens is 1. The number of hydrogen-bond donors (Lipinski definition) is 0. The highest BCUT2D eigenvalue weighted by atomic mass is 19.3. The van der Waals surface area contributed by atoms with Crippen LogP contribution in [0.1, 0.15) is 11.3 Å². The van der Waals surface area contributed by atoms with Gasteiger partial charge in [0.25, 0.3) is 6.43 Å². The predicted molar refractivity (Wildman–Crippen MR) is 68.8 cm³/mol. The number of benzene rings is 1. The Bertz CT molecular complexity index is 540. The summed E-state index contributed by atoms with van der Waals surface area (Å²) in [7, 11) is 1.70. The lowest BCUT2D eigenvalue weighted by Crippen LogP contribution is -2.24. The number of rotatable bonds is 4. The summed E-state index contributed by atoms with van der Waals surface area (Å²) in [4.78, 5) is 5.94. The minimum absolute atomic E-state index is 0.220. The quantitative estimate of drug-likeness (QED) is 0.828. The number of fused-ring (bicyclic) bond motifs is 1. The van der Waals surface area contributed by atoms with Crippen molar-refractivity contribution in [1.82, 2.24) is 9.88 Å². The molecule has 0 spiro atoms. The molecule has 0 saturated carbocycles. The van der Waals surface area contributed by atoms with Crippen molar-refractivity contribution in [2.75, 3.05) is 13.6 Å². The lowest BCUT2D eigenvalue weighted by atomic mass is 10.1. The summed E-state index contributed by atoms with van der Waals surface area (Å²) >= 11 is 0. The maximum Gasteiger partial charge on any atom is 0.251 e. The zero-order valence-corrected chi connectivity index (χ0v) is 10.5. The van der Waals surface area contributed by atoms with Crippen molar-refractivity contribution in [2.45, 2.75) is 19.9 Å². The largest absolute Gasteiger partial charge is 0.296 e. The summed E-state index contributed by atoms with van der Waals surface area (Å²) in [5.74, 6) is 0. The fraction of sp³-hybridized carbons (Fsp3) is 0.357. The molecule has 18 heavy (non-hydrogen) atoms. The molecule has 0 aliphatic carbocycles. The lowest BCUT2D eigenvalue weighted by Gasteiger charge is -2.17. The first-order valence-electron chi connectivity index (χ1n) is 5.88. The molecule has 2 nitrogen and oxygen atoms in total. The second-order valence-electron chi connectivity index (χ2n) is 4.50. The number of nitrogens with zero attached hydrogens (tertiary/aromatic N) is 2. The highest BCUT2D eigenvalue weighted by Gasteiger charge is 2.10. The maximum absolute atomic E-state index is 12.3. The molecular weight excluding hydrogens is 234 g/mol. The van der Waals surface area contributed by atoms with Gasteiger partial charge in [-0.3, -0.25) is 9.88 Å². The molecule has 2 aromatic rings. The van der Waals surface area contributed by atoms with E-state index >= 15 is 0 Å². The lowest BCUT2D eigenvalue weighted by molar-refractivity contribution is 0.0977. The van der Waals surface area contributed by atoms with Crippen LogP contribution in [-0.2, 0) is 6.54 Å². The van der Waals surface area contributed by atoms with Crippen LogP contribution in [0.3, 0.4) is 0 Å². The number of hydrogen-bond acceptors (Lipinski definition) is 2. The Labute approximate surface area is 105 Å². The minimum Gasteiger partial charge on any atom is -0.296 e. The molecule has 0 atom stereocenters. The molecule has 0 fully saturated rings. The summed E-state index contributed by atoms with van der Waals surface area (Å²) in [6, 6.07) is 7.94. The van der Waals surface area contributed by atoms with E-state index in [-0.39, 0.29) is 6.54 Å². The van der Waals surface area contributed by atoms with Crippen molar-refractivity contribution < 1.29 is 8.78 Å². The van der Waals surface area contributed by atoms with Crippen LogP contribution >= 0.6 is 0 Å². The molecule has 1 heterocycles. The first-order chi connectivity index (χ1) is 8.58. The topological polar surface area (TPSA) is 16.1 Å². The van der Waals surface area contributed by atoms with Gasteiger partial charge in [0, 0.05) is 23.8 Å². The smallest absolute Gasteiger partial charge is 0.251 e. The normalized spacial score (nSPS) is 11.7. The van der Waals surface area contributed by atoms with E-state index in [0.717, 1.165) is 22.0 Å². The molecule has 96 valence electrons. The summed E-state index contributed by atoms with van der Waals surface area (Å²) in [6.07, 6.45) is -0.528. The third-order valence-electron chi connectivity index (χ3n) is 2.97. The SMILES string of the molecule is Cc1ncc(CN(C)CC(F)F)c2ccccc12. The standard InChI is InChI=1S/C14H16F2N2/c1-10-12-5-3-4-6-13(12)11(7-17-10)8-18(2)9-14(15)16/h3-7,14H,8-9H2,1-2H3. The van der Waals surface area contributed by atoms with Crippen molar-refractivity contribution in [1.29, 1.82) is 0 Å². The van der Waals surface area contributed by atoms with Crippen molar-refractivity contribution in [3.05, 3.63) is 41.7 Å². The van der Waals surface area contributed by atoms with Crippen molar-refractivity contribution >= 4 is 10.8 Å². The van der Waals surface area contributed by atoms with Crippen LogP contribution in [-0.4, -0.2) is 29.9 Å². The van der Waals surface area contributed by atoms with E-state index in [1.165, 1.54) is 0 Å². The van der Waals surface area contributed by atoms with Gasteiger partial charge in [-0.15, -0.1) is 0 Å². The Morgan fingerprint density at radius 2 is 1.89 bits per heavy atom. The number of alkyl halides is 2. The molecule has 0 N–H and O–H groups in total. The zero-order chi connectivity index (χ0) is 13.1. The summed E-state index contributed by atoms with van der Waals surface area (Å²) in [6.45, 7) is 2.22. The van der Waals surface area contributed by atoms with Gasteiger partial charge in [-0.25, -0.2) is 8.78 Å². The van der Waals surface area contributed by atoms with Gasteiger partial charge in [0.2, 0.25) is 0 Å². The van der Waals surface area contributed by atoms with E-state index in [0.29, 0.717) is 6.54 Å². The molecule has 0 unspecified atom stereocenters. The number of pyridine rings is 1. The van der Waals surface area contributed by atoms with Crippen molar-refractivity contribution in [2.24, 2.45) is 0 Å². The van der Waals surface area contributed by atoms with Gasteiger partial charge in [0.1, 0.15) is 0 Å². The van der Waals surface area contributed by atoms with Crippen molar-refractivity contribution in [3.8, 4) is 0 Å². The first-order valence-corrected chi connectivity index (χ1v) is 5.88. The van der Waals surface area contributed by atoms with E-state index in [9.17, 15) is 8.78 Å². The van der Waals surface area contributed by atoms with Crippen molar-refractivity contribution in [3.63, 3.8) is 0 Å². The van der Waals surface area contributed by atoms with Gasteiger partial charge >= 0.3 is 0 Å². The Kier molecular flexibility index (Phi) is 3.87. The molecule has 0 aliphatic rings. The predicted octanol–water partition coefficient (Wildman–Crippen LogP) is 3.24. The second kappa shape index (κ2) is 5.40. The van der Waals surface area contributed by atoms with Crippen LogP contribution in [0.2, 0.25) is 0 Å². The molecule has 1 aromatic carbocycles. The highest BCUT2D eigenvalue weighted by Crippen LogP contribution is 2.21. The van der Waals surface area contributed by atoms with E-state index in [2.05, 4.69) is 4.98 Å². The molecule has 4 heteroatoms. The highest BCUT2D eigenvalue weighted by molar-refractivity contribution is 5.87. The fourth-order valence-electron chi connectivity index (χ4n) is 2.11. The average molecular weight is 250 g/mol. The fourth-order valence-corrected chi connectivity index (χ4v) is 2.11. The van der Waals surface area contributed by atoms with Gasteiger partial charge in [-0.05, 0) is 24.9 Å². The summed E-state index contributed by atoms with van der Waals surface area (Å²) < 4.78 is 24.6. The number of aryl methyl sites for hydroxylation is 1. The van der Waals surface area contributed by atoms with Crippen LogP contribution in [0.15, 0.2) is 30.5 Å². The molecular formula is C14H16F2N2. The summed E-state index contributed by atoms with van der Waals surface area (Å²) in [5, 5.41) is 2.17. The molecule has 0 saturated heterocycles. The molecule has 0 radical (unpaired) electrons. The molecule has 2 rings (SSSR count). The van der Waals surface area contributed by atoms with Gasteiger partial charge in [0.15, 0.2) is 0 Å². The van der Waals surface area contributed by atoms with E-state index in [4.69, 9.17) is 0 Å². The van der Waals surface area contributed by atoms with Crippen LogP contribution in [0.4, 0.5) is 8.78 Å². The molecule has 0 aliphatic heterocycles. The monoisotopic (exact) mass is 250 g/mol. The van der Waals surface area contributed by atoms with E-state index in [1.54, 1.807) is 18.1 Å². The van der Waals surface area contributed by atoms with Crippen LogP contribution < -0.4 is 0 Å². The van der Waals surface area contributed by atoms with Gasteiger partial charge < -0.3 is 0 Å². The van der Waals surface area contributed by atoms with Crippen LogP contribution in [0.5, 0.6) is 0 Å². The Morgan fingerprint density at radius 1 is 1.22 bits per heavy atom. The summed E-state index contributed by atoms with van der Waals surface area (Å²) in [5.41, 5.74) is 1.95. The molecule has 1 aromatic heterocycles. The third-order valence-corrected chi connectivity index (χ3v) is 2.97. The first kappa shape index (κ1) is 12.9. The van der Waals surface area contributed by atoms with Gasteiger partial charge in [0.05, 0.1) is 6.54 Å². The van der Waals surface area contributed by atoms with Crippen LogP contribution in [0, 0.1) is 6.92 Å². The Balaban J connectivity index is 2.31. The number of halogens is 2. The van der Waals surface area contributed by atoms with Crippen LogP contribution in [0.25, 0.3) is 10.8 Å². The molecule has 0 amide bonds. The Morgan fingerprint density at radius 3 is 2.56 bits per heavy atom. The third kappa shape index (κ3) is 2.82. The zero-order valence-electron chi connectivity index (χ0n) is 10.5.